The van der Waals surface area contributed by atoms with Crippen LogP contribution in [0.2, 0.25) is 0 Å². The Bertz CT molecular complexity index is 1180. The van der Waals surface area contributed by atoms with Gasteiger partial charge in [0, 0.05) is 11.4 Å². The molecule has 30 heavy (non-hydrogen) atoms. The van der Waals surface area contributed by atoms with Gasteiger partial charge < -0.3 is 10.1 Å². The number of benzene rings is 3. The second-order valence-corrected chi connectivity index (χ2v) is 7.69. The maximum absolute atomic E-state index is 12.8. The monoisotopic (exact) mass is 397 g/mol. The van der Waals surface area contributed by atoms with Crippen LogP contribution in [0.15, 0.2) is 78.9 Å². The molecule has 5 rings (SSSR count). The van der Waals surface area contributed by atoms with Crippen molar-refractivity contribution < 1.29 is 9.53 Å². The van der Waals surface area contributed by atoms with Gasteiger partial charge in [-0.25, -0.2) is 0 Å². The lowest BCUT2D eigenvalue weighted by molar-refractivity contribution is 0.0912. The molecule has 150 valence electrons. The minimum atomic E-state index is -0.0872. The number of amides is 1. The van der Waals surface area contributed by atoms with Gasteiger partial charge in [-0.3, -0.25) is 9.48 Å². The Morgan fingerprint density at radius 2 is 1.73 bits per heavy atom. The molecule has 1 amide bonds. The summed E-state index contributed by atoms with van der Waals surface area (Å²) in [7, 11) is 0. The fourth-order valence-corrected chi connectivity index (χ4v) is 3.73. The molecular weight excluding hydrogens is 374 g/mol. The van der Waals surface area contributed by atoms with Crippen molar-refractivity contribution in [2.45, 2.75) is 31.8 Å². The number of hydrogen-bond donors (Lipinski definition) is 1. The van der Waals surface area contributed by atoms with Gasteiger partial charge in [0.05, 0.1) is 12.1 Å². The molecule has 1 fully saturated rings. The van der Waals surface area contributed by atoms with Crippen molar-refractivity contribution in [3.63, 3.8) is 0 Å². The molecule has 1 aliphatic carbocycles. The van der Waals surface area contributed by atoms with Crippen LogP contribution in [-0.4, -0.2) is 21.7 Å². The Kier molecular flexibility index (Phi) is 4.93. The quantitative estimate of drug-likeness (QED) is 0.489. The molecule has 5 heteroatoms. The minimum Gasteiger partial charge on any atom is -0.457 e. The first kappa shape index (κ1) is 18.4. The van der Waals surface area contributed by atoms with Crippen LogP contribution in [0.4, 0.5) is 0 Å². The summed E-state index contributed by atoms with van der Waals surface area (Å²) in [6.45, 7) is 0.559. The summed E-state index contributed by atoms with van der Waals surface area (Å²) in [4.78, 5) is 12.8. The smallest absolute Gasteiger partial charge is 0.272 e. The summed E-state index contributed by atoms with van der Waals surface area (Å²) in [6.07, 6.45) is 3.29. The average Bonchev–Trinajstić information content (AvgIpc) is 3.10. The van der Waals surface area contributed by atoms with Crippen molar-refractivity contribution in [3.05, 3.63) is 90.1 Å². The van der Waals surface area contributed by atoms with Crippen LogP contribution in [-0.2, 0) is 6.54 Å². The van der Waals surface area contributed by atoms with Crippen molar-refractivity contribution in [2.75, 3.05) is 0 Å². The SMILES string of the molecule is O=C(NC1CCC1)c1nn(Cc2cccc(Oc3ccccc3)c2)c2ccccc12. The van der Waals surface area contributed by atoms with Crippen molar-refractivity contribution in [1.82, 2.24) is 15.1 Å². The van der Waals surface area contributed by atoms with E-state index < -0.39 is 0 Å². The van der Waals surface area contributed by atoms with Gasteiger partial charge in [0.25, 0.3) is 5.91 Å². The van der Waals surface area contributed by atoms with Gasteiger partial charge in [-0.05, 0) is 55.2 Å². The molecule has 0 bridgehead atoms. The van der Waals surface area contributed by atoms with E-state index in [9.17, 15) is 4.79 Å². The van der Waals surface area contributed by atoms with E-state index in [1.165, 1.54) is 6.42 Å². The number of ether oxygens (including phenoxy) is 1. The van der Waals surface area contributed by atoms with Crippen LogP contribution < -0.4 is 10.1 Å². The predicted molar refractivity (Wildman–Crippen MR) is 117 cm³/mol. The summed E-state index contributed by atoms with van der Waals surface area (Å²) in [5.74, 6) is 1.49. The number of fused-ring (bicyclic) bond motifs is 1. The van der Waals surface area contributed by atoms with Crippen LogP contribution in [0.5, 0.6) is 11.5 Å². The van der Waals surface area contributed by atoms with Crippen LogP contribution in [0.3, 0.4) is 0 Å². The van der Waals surface area contributed by atoms with Crippen LogP contribution in [0.25, 0.3) is 10.9 Å². The number of carbonyl (C=O) groups excluding carboxylic acids is 1. The van der Waals surface area contributed by atoms with Crippen LogP contribution in [0.1, 0.15) is 35.3 Å². The first-order valence-electron chi connectivity index (χ1n) is 10.3. The van der Waals surface area contributed by atoms with Crippen LogP contribution >= 0.6 is 0 Å². The fourth-order valence-electron chi connectivity index (χ4n) is 3.73. The van der Waals surface area contributed by atoms with E-state index in [1.807, 2.05) is 83.5 Å². The van der Waals surface area contributed by atoms with E-state index in [2.05, 4.69) is 10.4 Å². The lowest BCUT2D eigenvalue weighted by atomic mass is 9.93. The molecule has 1 aliphatic rings. The van der Waals surface area contributed by atoms with Gasteiger partial charge in [-0.1, -0.05) is 48.5 Å². The van der Waals surface area contributed by atoms with E-state index in [0.717, 1.165) is 40.8 Å². The number of rotatable bonds is 6. The molecule has 0 unspecified atom stereocenters. The van der Waals surface area contributed by atoms with Crippen molar-refractivity contribution in [2.24, 2.45) is 0 Å². The zero-order chi connectivity index (χ0) is 20.3. The molecule has 3 aromatic carbocycles. The fraction of sp³-hybridized carbons (Fsp3) is 0.200. The summed E-state index contributed by atoms with van der Waals surface area (Å²) >= 11 is 0. The maximum Gasteiger partial charge on any atom is 0.272 e. The summed E-state index contributed by atoms with van der Waals surface area (Å²) in [5.41, 5.74) is 2.50. The largest absolute Gasteiger partial charge is 0.457 e. The summed E-state index contributed by atoms with van der Waals surface area (Å²) in [6, 6.07) is 25.9. The highest BCUT2D eigenvalue weighted by Crippen LogP contribution is 2.25. The highest BCUT2D eigenvalue weighted by Gasteiger charge is 2.23. The normalized spacial score (nSPS) is 13.7. The Balaban J connectivity index is 1.41. The Morgan fingerprint density at radius 3 is 2.53 bits per heavy atom. The van der Waals surface area contributed by atoms with Crippen molar-refractivity contribution >= 4 is 16.8 Å². The zero-order valence-corrected chi connectivity index (χ0v) is 16.6. The molecule has 1 aromatic heterocycles. The minimum absolute atomic E-state index is 0.0872. The third-order valence-electron chi connectivity index (χ3n) is 5.52. The Hall–Kier alpha value is -3.60. The molecule has 5 nitrogen and oxygen atoms in total. The number of para-hydroxylation sites is 2. The number of hydrogen-bond acceptors (Lipinski definition) is 3. The van der Waals surface area contributed by atoms with E-state index >= 15 is 0 Å². The lowest BCUT2D eigenvalue weighted by Crippen LogP contribution is -2.39. The molecule has 0 spiro atoms. The van der Waals surface area contributed by atoms with E-state index in [1.54, 1.807) is 0 Å². The van der Waals surface area contributed by atoms with Crippen molar-refractivity contribution in [1.29, 1.82) is 0 Å². The third-order valence-corrected chi connectivity index (χ3v) is 5.52. The number of carbonyl (C=O) groups is 1. The topological polar surface area (TPSA) is 56.2 Å². The second kappa shape index (κ2) is 8.03. The number of nitrogens with zero attached hydrogens (tertiary/aromatic N) is 2. The van der Waals surface area contributed by atoms with Gasteiger partial charge in [-0.2, -0.15) is 5.10 Å². The maximum atomic E-state index is 12.8. The Morgan fingerprint density at radius 1 is 0.967 bits per heavy atom. The summed E-state index contributed by atoms with van der Waals surface area (Å²) < 4.78 is 7.85. The second-order valence-electron chi connectivity index (χ2n) is 7.69. The molecule has 1 saturated carbocycles. The summed E-state index contributed by atoms with van der Waals surface area (Å²) in [5, 5.41) is 8.66. The molecule has 1 heterocycles. The molecule has 0 saturated heterocycles. The van der Waals surface area contributed by atoms with E-state index in [4.69, 9.17) is 4.74 Å². The standard InChI is InChI=1S/C25H23N3O2/c29-25(26-19-9-7-10-19)24-22-14-4-5-15-23(22)28(27-24)17-18-8-6-13-21(16-18)30-20-11-2-1-3-12-20/h1-6,8,11-16,19H,7,9-10,17H2,(H,26,29). The highest BCUT2D eigenvalue weighted by atomic mass is 16.5. The van der Waals surface area contributed by atoms with Gasteiger partial charge >= 0.3 is 0 Å². The van der Waals surface area contributed by atoms with E-state index in [-0.39, 0.29) is 11.9 Å². The number of aromatic nitrogens is 2. The molecular formula is C25H23N3O2. The number of nitrogens with one attached hydrogen (secondary N) is 1. The first-order chi connectivity index (χ1) is 14.8. The zero-order valence-electron chi connectivity index (χ0n) is 16.6. The first-order valence-corrected chi connectivity index (χ1v) is 10.3. The van der Waals surface area contributed by atoms with Gasteiger partial charge in [-0.15, -0.1) is 0 Å². The molecule has 0 atom stereocenters. The van der Waals surface area contributed by atoms with E-state index in [0.29, 0.717) is 12.2 Å². The Labute approximate surface area is 175 Å². The average molecular weight is 397 g/mol. The molecule has 0 aliphatic heterocycles. The molecule has 4 aromatic rings. The highest BCUT2D eigenvalue weighted by molar-refractivity contribution is 6.05. The lowest BCUT2D eigenvalue weighted by Gasteiger charge is -2.25. The molecule has 0 radical (unpaired) electrons. The third kappa shape index (κ3) is 3.79. The van der Waals surface area contributed by atoms with Crippen molar-refractivity contribution in [3.8, 4) is 11.5 Å². The van der Waals surface area contributed by atoms with Gasteiger partial charge in [0.15, 0.2) is 5.69 Å². The molecule has 1 N–H and O–H groups in total. The predicted octanol–water partition coefficient (Wildman–Crippen LogP) is 5.16. The van der Waals surface area contributed by atoms with Gasteiger partial charge in [0.1, 0.15) is 11.5 Å². The van der Waals surface area contributed by atoms with Crippen LogP contribution in [0, 0.1) is 0 Å². The van der Waals surface area contributed by atoms with Gasteiger partial charge in [0.2, 0.25) is 0 Å².